The van der Waals surface area contributed by atoms with E-state index in [4.69, 9.17) is 23.2 Å². The molecule has 0 bridgehead atoms. The number of nitro groups is 1. The summed E-state index contributed by atoms with van der Waals surface area (Å²) in [6, 6.07) is 2.70. The predicted octanol–water partition coefficient (Wildman–Crippen LogP) is 4.13. The largest absolute Gasteiger partial charge is 0.369 e. The number of rotatable bonds is 4. The molecule has 6 nitrogen and oxygen atoms in total. The van der Waals surface area contributed by atoms with Crippen LogP contribution >= 0.6 is 23.2 Å². The summed E-state index contributed by atoms with van der Waals surface area (Å²) in [6.07, 6.45) is 4.68. The minimum absolute atomic E-state index is 0.0998. The van der Waals surface area contributed by atoms with Crippen LogP contribution in [0, 0.1) is 16.0 Å². The summed E-state index contributed by atoms with van der Waals surface area (Å²) in [7, 11) is 0. The molecule has 1 amide bonds. The third-order valence-corrected chi connectivity index (χ3v) is 5.62. The molecule has 0 atom stereocenters. The van der Waals surface area contributed by atoms with Gasteiger partial charge in [-0.15, -0.1) is 0 Å². The van der Waals surface area contributed by atoms with Crippen molar-refractivity contribution < 1.29 is 9.72 Å². The van der Waals surface area contributed by atoms with Crippen LogP contribution in [0.3, 0.4) is 0 Å². The monoisotopic (exact) mass is 385 g/mol. The molecular formula is C17H21Cl2N3O3. The highest BCUT2D eigenvalue weighted by atomic mass is 35.5. The average Bonchev–Trinajstić information content (AvgIpc) is 2.57. The van der Waals surface area contributed by atoms with E-state index < -0.39 is 4.92 Å². The zero-order valence-corrected chi connectivity index (χ0v) is 15.4. The highest BCUT2D eigenvalue weighted by Crippen LogP contribution is 2.39. The third-order valence-electron chi connectivity index (χ3n) is 5.04. The van der Waals surface area contributed by atoms with Crippen molar-refractivity contribution in [3.05, 3.63) is 32.3 Å². The van der Waals surface area contributed by atoms with E-state index in [1.807, 2.05) is 4.90 Å². The van der Waals surface area contributed by atoms with Gasteiger partial charge in [-0.2, -0.15) is 0 Å². The van der Waals surface area contributed by atoms with Gasteiger partial charge in [0.2, 0.25) is 5.91 Å². The number of nitrogens with zero attached hydrogens (tertiary/aromatic N) is 3. The first-order chi connectivity index (χ1) is 12.0. The number of non-ortho nitro benzene ring substituents is 1. The van der Waals surface area contributed by atoms with Crippen LogP contribution in [0.2, 0.25) is 10.0 Å². The molecule has 0 unspecified atom stereocenters. The summed E-state index contributed by atoms with van der Waals surface area (Å²) in [5.41, 5.74) is 0.568. The molecule has 136 valence electrons. The van der Waals surface area contributed by atoms with Crippen molar-refractivity contribution >= 4 is 40.5 Å². The molecule has 2 aliphatic heterocycles. The molecule has 2 heterocycles. The van der Waals surface area contributed by atoms with Gasteiger partial charge in [-0.25, -0.2) is 0 Å². The SMILES string of the molecule is O=C1CCCCN1CC1CCN(c2c(Cl)cc([N+](=O)[O-])cc2Cl)CC1. The molecule has 1 aromatic carbocycles. The Kier molecular flexibility index (Phi) is 5.69. The van der Waals surface area contributed by atoms with Crippen LogP contribution in [-0.2, 0) is 4.79 Å². The van der Waals surface area contributed by atoms with Gasteiger partial charge in [0.05, 0.1) is 20.7 Å². The quantitative estimate of drug-likeness (QED) is 0.577. The maximum Gasteiger partial charge on any atom is 0.272 e. The van der Waals surface area contributed by atoms with Crippen LogP contribution in [0.5, 0.6) is 0 Å². The summed E-state index contributed by atoms with van der Waals surface area (Å²) in [6.45, 7) is 3.27. The van der Waals surface area contributed by atoms with Gasteiger partial charge < -0.3 is 9.80 Å². The van der Waals surface area contributed by atoms with Gasteiger partial charge in [0.15, 0.2) is 0 Å². The molecular weight excluding hydrogens is 365 g/mol. The van der Waals surface area contributed by atoms with Gasteiger partial charge >= 0.3 is 0 Å². The number of likely N-dealkylation sites (tertiary alicyclic amines) is 1. The molecule has 2 fully saturated rings. The lowest BCUT2D eigenvalue weighted by Gasteiger charge is -2.37. The molecule has 25 heavy (non-hydrogen) atoms. The normalized spacial score (nSPS) is 19.4. The van der Waals surface area contributed by atoms with Crippen LogP contribution in [0.25, 0.3) is 0 Å². The predicted molar refractivity (Wildman–Crippen MR) is 98.5 cm³/mol. The second-order valence-electron chi connectivity index (χ2n) is 6.74. The molecule has 0 radical (unpaired) electrons. The number of benzene rings is 1. The molecule has 0 aromatic heterocycles. The van der Waals surface area contributed by atoms with Gasteiger partial charge in [-0.05, 0) is 31.6 Å². The Morgan fingerprint density at radius 2 is 1.76 bits per heavy atom. The van der Waals surface area contributed by atoms with Crippen molar-refractivity contribution in [1.29, 1.82) is 0 Å². The van der Waals surface area contributed by atoms with E-state index in [-0.39, 0.29) is 11.6 Å². The molecule has 0 aliphatic carbocycles. The van der Waals surface area contributed by atoms with E-state index in [1.165, 1.54) is 12.1 Å². The molecule has 0 saturated carbocycles. The number of piperidine rings is 2. The van der Waals surface area contributed by atoms with Gasteiger partial charge in [-0.1, -0.05) is 23.2 Å². The Hall–Kier alpha value is -1.53. The Bertz CT molecular complexity index is 652. The summed E-state index contributed by atoms with van der Waals surface area (Å²) < 4.78 is 0. The molecule has 2 aliphatic rings. The maximum atomic E-state index is 12.0. The maximum absolute atomic E-state index is 12.0. The Morgan fingerprint density at radius 1 is 1.12 bits per heavy atom. The Morgan fingerprint density at radius 3 is 2.32 bits per heavy atom. The number of hydrogen-bond acceptors (Lipinski definition) is 4. The summed E-state index contributed by atoms with van der Waals surface area (Å²) in [5, 5.41) is 11.5. The molecule has 2 saturated heterocycles. The van der Waals surface area contributed by atoms with Gasteiger partial charge in [0, 0.05) is 44.7 Å². The summed E-state index contributed by atoms with van der Waals surface area (Å²) in [5.74, 6) is 0.754. The van der Waals surface area contributed by atoms with Crippen molar-refractivity contribution in [2.24, 2.45) is 5.92 Å². The average molecular weight is 386 g/mol. The molecule has 3 rings (SSSR count). The summed E-state index contributed by atoms with van der Waals surface area (Å²) >= 11 is 12.5. The van der Waals surface area contributed by atoms with Crippen molar-refractivity contribution in [2.75, 3.05) is 31.1 Å². The highest BCUT2D eigenvalue weighted by Gasteiger charge is 2.27. The van der Waals surface area contributed by atoms with E-state index in [9.17, 15) is 14.9 Å². The van der Waals surface area contributed by atoms with Crippen molar-refractivity contribution in [1.82, 2.24) is 4.90 Å². The van der Waals surface area contributed by atoms with Crippen LogP contribution in [0.4, 0.5) is 11.4 Å². The van der Waals surface area contributed by atoms with Gasteiger partial charge in [0.25, 0.3) is 5.69 Å². The lowest BCUT2D eigenvalue weighted by Crippen LogP contribution is -2.42. The van der Waals surface area contributed by atoms with Crippen LogP contribution in [-0.4, -0.2) is 41.9 Å². The smallest absolute Gasteiger partial charge is 0.272 e. The number of carbonyl (C=O) groups excluding carboxylic acids is 1. The van der Waals surface area contributed by atoms with Crippen molar-refractivity contribution in [2.45, 2.75) is 32.1 Å². The molecule has 0 spiro atoms. The fourth-order valence-electron chi connectivity index (χ4n) is 3.67. The lowest BCUT2D eigenvalue weighted by atomic mass is 9.94. The lowest BCUT2D eigenvalue weighted by molar-refractivity contribution is -0.384. The molecule has 0 N–H and O–H groups in total. The fraction of sp³-hybridized carbons (Fsp3) is 0.588. The number of amides is 1. The number of halogens is 2. The number of nitro benzene ring substituents is 1. The Balaban J connectivity index is 1.62. The molecule has 8 heteroatoms. The topological polar surface area (TPSA) is 66.7 Å². The van der Waals surface area contributed by atoms with Crippen molar-refractivity contribution in [3.8, 4) is 0 Å². The first-order valence-corrected chi connectivity index (χ1v) is 9.37. The molecule has 1 aromatic rings. The van der Waals surface area contributed by atoms with Gasteiger partial charge in [0.1, 0.15) is 0 Å². The minimum Gasteiger partial charge on any atom is -0.369 e. The first kappa shape index (κ1) is 18.3. The second kappa shape index (κ2) is 7.79. The fourth-order valence-corrected chi connectivity index (χ4v) is 4.38. The van der Waals surface area contributed by atoms with E-state index in [2.05, 4.69) is 4.90 Å². The standard InChI is InChI=1S/C17H21Cl2N3O3/c18-14-9-13(22(24)25)10-15(19)17(14)20-7-4-12(5-8-20)11-21-6-2-1-3-16(21)23/h9-10,12H,1-8,11H2. The van der Waals surface area contributed by atoms with E-state index in [1.54, 1.807) is 0 Å². The van der Waals surface area contributed by atoms with Crippen LogP contribution < -0.4 is 4.90 Å². The number of carbonyl (C=O) groups is 1. The zero-order valence-electron chi connectivity index (χ0n) is 13.9. The number of anilines is 1. The summed E-state index contributed by atoms with van der Waals surface area (Å²) in [4.78, 5) is 26.4. The van der Waals surface area contributed by atoms with Crippen LogP contribution in [0.1, 0.15) is 32.1 Å². The van der Waals surface area contributed by atoms with E-state index >= 15 is 0 Å². The highest BCUT2D eigenvalue weighted by molar-refractivity contribution is 6.39. The zero-order chi connectivity index (χ0) is 18.0. The van der Waals surface area contributed by atoms with E-state index in [0.29, 0.717) is 28.1 Å². The third kappa shape index (κ3) is 4.18. The van der Waals surface area contributed by atoms with Crippen molar-refractivity contribution in [3.63, 3.8) is 0 Å². The Labute approximate surface area is 156 Å². The second-order valence-corrected chi connectivity index (χ2v) is 7.56. The van der Waals surface area contributed by atoms with Crippen LogP contribution in [0.15, 0.2) is 12.1 Å². The van der Waals surface area contributed by atoms with Gasteiger partial charge in [-0.3, -0.25) is 14.9 Å². The number of hydrogen-bond donors (Lipinski definition) is 0. The minimum atomic E-state index is -0.497. The van der Waals surface area contributed by atoms with E-state index in [0.717, 1.165) is 51.9 Å². The first-order valence-electron chi connectivity index (χ1n) is 8.62.